The van der Waals surface area contributed by atoms with Crippen molar-refractivity contribution in [2.24, 2.45) is 11.7 Å². The van der Waals surface area contributed by atoms with Crippen LogP contribution in [0.2, 0.25) is 0 Å². The van der Waals surface area contributed by atoms with Crippen molar-refractivity contribution in [3.05, 3.63) is 42.5 Å². The van der Waals surface area contributed by atoms with Crippen molar-refractivity contribution < 1.29 is 4.79 Å². The normalized spacial score (nSPS) is 12.1. The molecule has 0 aliphatic carbocycles. The van der Waals surface area contributed by atoms with Gasteiger partial charge in [0.2, 0.25) is 5.91 Å². The Balaban J connectivity index is 1.98. The Morgan fingerprint density at radius 1 is 1.47 bits per heavy atom. The number of nitrogens with one attached hydrogen (secondary N) is 1. The lowest BCUT2D eigenvalue weighted by molar-refractivity contribution is -0.119. The second-order valence-corrected chi connectivity index (χ2v) is 4.41. The van der Waals surface area contributed by atoms with Gasteiger partial charge < -0.3 is 11.1 Å². The average Bonchev–Trinajstić information content (AvgIpc) is 2.86. The summed E-state index contributed by atoms with van der Waals surface area (Å²) in [5, 5.41) is 6.98. The first-order chi connectivity index (χ1) is 9.19. The number of hydrogen-bond donors (Lipinski definition) is 2. The third kappa shape index (κ3) is 3.62. The van der Waals surface area contributed by atoms with Crippen LogP contribution in [-0.2, 0) is 11.3 Å². The van der Waals surface area contributed by atoms with Gasteiger partial charge in [0.15, 0.2) is 0 Å². The van der Waals surface area contributed by atoms with Crippen LogP contribution in [0.25, 0.3) is 0 Å². The Kier molecular flexibility index (Phi) is 4.25. The highest BCUT2D eigenvalue weighted by molar-refractivity contribution is 5.92. The van der Waals surface area contributed by atoms with E-state index in [1.54, 1.807) is 36.4 Å². The first-order valence-electron chi connectivity index (χ1n) is 6.11. The van der Waals surface area contributed by atoms with Crippen molar-refractivity contribution in [2.75, 3.05) is 11.9 Å². The number of pyridine rings is 1. The molecule has 19 heavy (non-hydrogen) atoms. The summed E-state index contributed by atoms with van der Waals surface area (Å²) in [6, 6.07) is 3.85. The molecule has 2 aromatic heterocycles. The highest BCUT2D eigenvalue weighted by Crippen LogP contribution is 2.09. The molecule has 0 bridgehead atoms. The van der Waals surface area contributed by atoms with Crippen LogP contribution in [0.1, 0.15) is 12.5 Å². The fourth-order valence-corrected chi connectivity index (χ4v) is 1.56. The predicted octanol–water partition coefficient (Wildman–Crippen LogP) is 0.860. The van der Waals surface area contributed by atoms with Crippen molar-refractivity contribution in [1.82, 2.24) is 14.8 Å². The molecular formula is C13H17N5O. The van der Waals surface area contributed by atoms with Gasteiger partial charge in [-0.1, -0.05) is 6.92 Å². The van der Waals surface area contributed by atoms with E-state index in [0.717, 1.165) is 5.56 Å². The van der Waals surface area contributed by atoms with Gasteiger partial charge in [-0.05, 0) is 17.7 Å². The van der Waals surface area contributed by atoms with Crippen LogP contribution in [0.15, 0.2) is 36.9 Å². The molecule has 6 heteroatoms. The van der Waals surface area contributed by atoms with Gasteiger partial charge in [0.1, 0.15) is 0 Å². The summed E-state index contributed by atoms with van der Waals surface area (Å²) in [5.41, 5.74) is 7.23. The lowest BCUT2D eigenvalue weighted by Crippen LogP contribution is -2.26. The van der Waals surface area contributed by atoms with E-state index in [1.807, 2.05) is 12.1 Å². The third-order valence-electron chi connectivity index (χ3n) is 2.80. The van der Waals surface area contributed by atoms with Crippen LogP contribution in [0.4, 0.5) is 5.69 Å². The monoisotopic (exact) mass is 259 g/mol. The fourth-order valence-electron chi connectivity index (χ4n) is 1.56. The van der Waals surface area contributed by atoms with Crippen molar-refractivity contribution >= 4 is 11.6 Å². The number of amides is 1. The number of rotatable bonds is 5. The molecule has 0 aliphatic heterocycles. The average molecular weight is 259 g/mol. The molecule has 6 nitrogen and oxygen atoms in total. The van der Waals surface area contributed by atoms with Gasteiger partial charge in [-0.2, -0.15) is 5.10 Å². The maximum absolute atomic E-state index is 11.7. The quantitative estimate of drug-likeness (QED) is 0.834. The lowest BCUT2D eigenvalue weighted by Gasteiger charge is -2.07. The Labute approximate surface area is 111 Å². The zero-order chi connectivity index (χ0) is 13.7. The van der Waals surface area contributed by atoms with Crippen LogP contribution < -0.4 is 11.1 Å². The van der Waals surface area contributed by atoms with Gasteiger partial charge in [0.25, 0.3) is 0 Å². The van der Waals surface area contributed by atoms with E-state index in [0.29, 0.717) is 18.8 Å². The van der Waals surface area contributed by atoms with E-state index in [-0.39, 0.29) is 11.8 Å². The first-order valence-corrected chi connectivity index (χ1v) is 6.11. The van der Waals surface area contributed by atoms with Crippen LogP contribution in [-0.4, -0.2) is 27.2 Å². The molecule has 0 saturated heterocycles. The molecule has 2 rings (SSSR count). The Morgan fingerprint density at radius 3 is 2.89 bits per heavy atom. The maximum atomic E-state index is 11.7. The molecule has 1 amide bonds. The van der Waals surface area contributed by atoms with E-state index >= 15 is 0 Å². The molecule has 100 valence electrons. The highest BCUT2D eigenvalue weighted by Gasteiger charge is 2.11. The van der Waals surface area contributed by atoms with E-state index in [4.69, 9.17) is 5.73 Å². The summed E-state index contributed by atoms with van der Waals surface area (Å²) in [5.74, 6) is -0.297. The molecule has 0 spiro atoms. The van der Waals surface area contributed by atoms with Gasteiger partial charge in [0, 0.05) is 31.1 Å². The number of hydrogen-bond acceptors (Lipinski definition) is 4. The first kappa shape index (κ1) is 13.2. The number of anilines is 1. The van der Waals surface area contributed by atoms with E-state index in [1.165, 1.54) is 0 Å². The minimum atomic E-state index is -0.205. The van der Waals surface area contributed by atoms with Gasteiger partial charge in [-0.15, -0.1) is 0 Å². The van der Waals surface area contributed by atoms with E-state index in [9.17, 15) is 4.79 Å². The standard InChI is InChI=1S/C13H17N5O/c1-10(6-14)13(19)17-12-7-16-18(9-12)8-11-2-4-15-5-3-11/h2-5,7,9-10H,6,8,14H2,1H3,(H,17,19). The third-order valence-corrected chi connectivity index (χ3v) is 2.80. The largest absolute Gasteiger partial charge is 0.330 e. The van der Waals surface area contributed by atoms with Crippen LogP contribution in [0.5, 0.6) is 0 Å². The van der Waals surface area contributed by atoms with Crippen molar-refractivity contribution in [1.29, 1.82) is 0 Å². The summed E-state index contributed by atoms with van der Waals surface area (Å²) < 4.78 is 1.76. The molecule has 1 atom stereocenters. The molecule has 0 fully saturated rings. The summed E-state index contributed by atoms with van der Waals surface area (Å²) in [6.45, 7) is 2.76. The molecule has 1 unspecified atom stereocenters. The Morgan fingerprint density at radius 2 is 2.21 bits per heavy atom. The zero-order valence-corrected chi connectivity index (χ0v) is 10.8. The fraction of sp³-hybridized carbons (Fsp3) is 0.308. The maximum Gasteiger partial charge on any atom is 0.228 e. The van der Waals surface area contributed by atoms with Crippen LogP contribution >= 0.6 is 0 Å². The molecule has 3 N–H and O–H groups in total. The number of carbonyl (C=O) groups excluding carboxylic acids is 1. The second-order valence-electron chi connectivity index (χ2n) is 4.41. The number of nitrogens with two attached hydrogens (primary N) is 1. The molecule has 2 heterocycles. The molecule has 0 saturated carbocycles. The van der Waals surface area contributed by atoms with Crippen molar-refractivity contribution in [3.8, 4) is 0 Å². The molecule has 0 aliphatic rings. The Bertz CT molecular complexity index is 537. The number of carbonyl (C=O) groups is 1. The topological polar surface area (TPSA) is 85.8 Å². The summed E-state index contributed by atoms with van der Waals surface area (Å²) in [6.07, 6.45) is 6.90. The smallest absolute Gasteiger partial charge is 0.228 e. The highest BCUT2D eigenvalue weighted by atomic mass is 16.1. The minimum Gasteiger partial charge on any atom is -0.330 e. The van der Waals surface area contributed by atoms with Crippen LogP contribution in [0.3, 0.4) is 0 Å². The summed E-state index contributed by atoms with van der Waals surface area (Å²) in [4.78, 5) is 15.6. The van der Waals surface area contributed by atoms with Gasteiger partial charge in [0.05, 0.1) is 18.4 Å². The minimum absolute atomic E-state index is 0.0917. The van der Waals surface area contributed by atoms with E-state index in [2.05, 4.69) is 15.4 Å². The number of nitrogens with zero attached hydrogens (tertiary/aromatic N) is 3. The second kappa shape index (κ2) is 6.10. The lowest BCUT2D eigenvalue weighted by atomic mass is 10.2. The summed E-state index contributed by atoms with van der Waals surface area (Å²) >= 11 is 0. The van der Waals surface area contributed by atoms with E-state index < -0.39 is 0 Å². The molecular weight excluding hydrogens is 242 g/mol. The molecule has 0 radical (unpaired) electrons. The summed E-state index contributed by atoms with van der Waals surface area (Å²) in [7, 11) is 0. The van der Waals surface area contributed by atoms with Crippen molar-refractivity contribution in [2.45, 2.75) is 13.5 Å². The van der Waals surface area contributed by atoms with Crippen molar-refractivity contribution in [3.63, 3.8) is 0 Å². The zero-order valence-electron chi connectivity index (χ0n) is 10.8. The van der Waals surface area contributed by atoms with Gasteiger partial charge in [-0.25, -0.2) is 0 Å². The number of aromatic nitrogens is 3. The predicted molar refractivity (Wildman–Crippen MR) is 72.4 cm³/mol. The van der Waals surface area contributed by atoms with Gasteiger partial charge in [-0.3, -0.25) is 14.5 Å². The Hall–Kier alpha value is -2.21. The molecule has 2 aromatic rings. The van der Waals surface area contributed by atoms with Crippen LogP contribution in [0, 0.1) is 5.92 Å². The molecule has 0 aromatic carbocycles. The SMILES string of the molecule is CC(CN)C(=O)Nc1cnn(Cc2ccncc2)c1. The van der Waals surface area contributed by atoms with Gasteiger partial charge >= 0.3 is 0 Å².